The van der Waals surface area contributed by atoms with E-state index in [0.717, 1.165) is 16.8 Å². The van der Waals surface area contributed by atoms with Crippen LogP contribution < -0.4 is 16.0 Å². The Bertz CT molecular complexity index is 1960. The van der Waals surface area contributed by atoms with E-state index in [1.54, 1.807) is 61.5 Å². The number of nitrogens with one attached hydrogen (secondary N) is 3. The normalized spacial score (nSPS) is 11.7. The molecule has 0 aliphatic carbocycles. The number of para-hydroxylation sites is 1. The summed E-state index contributed by atoms with van der Waals surface area (Å²) in [6.07, 6.45) is 1.27. The van der Waals surface area contributed by atoms with Crippen LogP contribution in [0.4, 0.5) is 16.5 Å². The molecule has 0 radical (unpaired) electrons. The summed E-state index contributed by atoms with van der Waals surface area (Å²) in [4.78, 5) is 55.8. The van der Waals surface area contributed by atoms with Crippen LogP contribution in [0.1, 0.15) is 28.4 Å². The molecule has 47 heavy (non-hydrogen) atoms. The van der Waals surface area contributed by atoms with E-state index in [9.17, 15) is 24.5 Å². The summed E-state index contributed by atoms with van der Waals surface area (Å²) in [5.41, 5.74) is 3.34. The average Bonchev–Trinajstić information content (AvgIpc) is 3.53. The number of anilines is 2. The van der Waals surface area contributed by atoms with E-state index >= 15 is 0 Å². The topological polar surface area (TPSA) is 143 Å². The largest absolute Gasteiger partial charge is 0.321 e. The Morgan fingerprint density at radius 3 is 2.38 bits per heavy atom. The fourth-order valence-corrected chi connectivity index (χ4v) is 6.02. The van der Waals surface area contributed by atoms with Crippen molar-refractivity contribution in [1.29, 1.82) is 0 Å². The van der Waals surface area contributed by atoms with Gasteiger partial charge in [0.15, 0.2) is 5.13 Å². The van der Waals surface area contributed by atoms with Crippen molar-refractivity contribution in [2.75, 3.05) is 10.6 Å². The van der Waals surface area contributed by atoms with Crippen LogP contribution in [-0.4, -0.2) is 32.9 Å². The molecule has 4 aromatic carbocycles. The molecule has 5 rings (SSSR count). The smallest absolute Gasteiger partial charge is 0.276 e. The minimum Gasteiger partial charge on any atom is -0.321 e. The van der Waals surface area contributed by atoms with E-state index < -0.39 is 22.0 Å². The van der Waals surface area contributed by atoms with Gasteiger partial charge in [-0.3, -0.25) is 24.5 Å². The van der Waals surface area contributed by atoms with Crippen LogP contribution in [-0.2, 0) is 9.59 Å². The van der Waals surface area contributed by atoms with Gasteiger partial charge in [0.25, 0.3) is 17.5 Å². The number of amides is 3. The molecule has 10 nitrogen and oxygen atoms in total. The van der Waals surface area contributed by atoms with Gasteiger partial charge in [-0.25, -0.2) is 4.98 Å². The molecule has 0 bridgehead atoms. The number of aromatic nitrogens is 1. The number of hydrogen-bond acceptors (Lipinski definition) is 8. The molecule has 0 spiro atoms. The zero-order valence-corrected chi connectivity index (χ0v) is 26.9. The third-order valence-electron chi connectivity index (χ3n) is 6.82. The van der Waals surface area contributed by atoms with Crippen LogP contribution in [0.3, 0.4) is 0 Å². The SMILES string of the molecule is Cc1ccc(-c2csc(NC(=O)C(C)Sc3cccc(NC(=O)/C(=C\c4ccccc4[N+](=O)[O-])NC(=O)c4ccccc4)c3)n2)cc1. The molecule has 0 aliphatic rings. The highest BCUT2D eigenvalue weighted by atomic mass is 32.2. The number of nitro groups is 1. The molecule has 0 saturated carbocycles. The van der Waals surface area contributed by atoms with Gasteiger partial charge in [0, 0.05) is 33.2 Å². The first-order valence-corrected chi connectivity index (χ1v) is 16.2. The molecular weight excluding hydrogens is 635 g/mol. The number of benzene rings is 4. The zero-order valence-electron chi connectivity index (χ0n) is 25.3. The molecule has 1 aromatic heterocycles. The maximum absolute atomic E-state index is 13.5. The minimum absolute atomic E-state index is 0.145. The molecule has 0 saturated heterocycles. The molecule has 1 heterocycles. The van der Waals surface area contributed by atoms with E-state index in [2.05, 4.69) is 20.9 Å². The number of aryl methyl sites for hydroxylation is 1. The summed E-state index contributed by atoms with van der Waals surface area (Å²) in [7, 11) is 0. The molecule has 0 aliphatic heterocycles. The van der Waals surface area contributed by atoms with E-state index in [-0.39, 0.29) is 22.9 Å². The Labute approximate surface area is 279 Å². The van der Waals surface area contributed by atoms with Crippen molar-refractivity contribution < 1.29 is 19.3 Å². The van der Waals surface area contributed by atoms with E-state index in [1.165, 1.54) is 47.4 Å². The third kappa shape index (κ3) is 8.78. The highest BCUT2D eigenvalue weighted by molar-refractivity contribution is 8.00. The summed E-state index contributed by atoms with van der Waals surface area (Å²) in [6.45, 7) is 3.79. The maximum atomic E-state index is 13.5. The van der Waals surface area contributed by atoms with Crippen LogP contribution in [0.15, 0.2) is 119 Å². The highest BCUT2D eigenvalue weighted by Crippen LogP contribution is 2.29. The Morgan fingerprint density at radius 1 is 0.915 bits per heavy atom. The van der Waals surface area contributed by atoms with Crippen molar-refractivity contribution in [3.05, 3.63) is 141 Å². The Kier molecular flexibility index (Phi) is 10.6. The minimum atomic E-state index is -0.687. The molecule has 0 fully saturated rings. The first kappa shape index (κ1) is 32.8. The van der Waals surface area contributed by atoms with Crippen molar-refractivity contribution in [3.8, 4) is 11.3 Å². The van der Waals surface area contributed by atoms with Gasteiger partial charge in [0.2, 0.25) is 5.91 Å². The van der Waals surface area contributed by atoms with Gasteiger partial charge in [-0.15, -0.1) is 23.1 Å². The fourth-order valence-electron chi connectivity index (χ4n) is 4.37. The molecule has 1 unspecified atom stereocenters. The molecule has 3 amide bonds. The van der Waals surface area contributed by atoms with Gasteiger partial charge >= 0.3 is 0 Å². The zero-order chi connectivity index (χ0) is 33.3. The lowest BCUT2D eigenvalue weighted by Crippen LogP contribution is -2.30. The van der Waals surface area contributed by atoms with E-state index in [4.69, 9.17) is 0 Å². The lowest BCUT2D eigenvalue weighted by molar-refractivity contribution is -0.385. The molecule has 3 N–H and O–H groups in total. The van der Waals surface area contributed by atoms with E-state index in [0.29, 0.717) is 21.3 Å². The second-order valence-corrected chi connectivity index (χ2v) is 12.6. The van der Waals surface area contributed by atoms with Gasteiger partial charge in [0.05, 0.1) is 21.4 Å². The summed E-state index contributed by atoms with van der Waals surface area (Å²) in [5.74, 6) is -1.47. The van der Waals surface area contributed by atoms with Gasteiger partial charge in [-0.05, 0) is 56.3 Å². The van der Waals surface area contributed by atoms with Crippen molar-refractivity contribution >= 4 is 63.4 Å². The average molecular weight is 664 g/mol. The standard InChI is InChI=1S/C35H29N5O5S2/c1-22-15-17-24(18-16-22)30-21-46-35(38-30)39-32(41)23(2)47-28-13-8-12-27(20-28)36-34(43)29(37-33(42)25-9-4-3-5-10-25)19-26-11-6-7-14-31(26)40(44)45/h3-21,23H,1-2H3,(H,36,43)(H,37,42)(H,38,39,41)/b29-19+. The first-order valence-electron chi connectivity index (χ1n) is 14.4. The number of nitrogens with zero attached hydrogens (tertiary/aromatic N) is 2. The quantitative estimate of drug-likeness (QED) is 0.0573. The summed E-state index contributed by atoms with van der Waals surface area (Å²) in [6, 6.07) is 29.1. The van der Waals surface area contributed by atoms with Gasteiger partial charge in [-0.2, -0.15) is 0 Å². The second-order valence-electron chi connectivity index (χ2n) is 10.3. The molecule has 1 atom stereocenters. The summed E-state index contributed by atoms with van der Waals surface area (Å²) < 4.78 is 0. The Morgan fingerprint density at radius 2 is 1.64 bits per heavy atom. The predicted molar refractivity (Wildman–Crippen MR) is 186 cm³/mol. The highest BCUT2D eigenvalue weighted by Gasteiger charge is 2.20. The molecule has 5 aromatic rings. The van der Waals surface area contributed by atoms with Gasteiger partial charge in [-0.1, -0.05) is 66.2 Å². The number of nitro benzene ring substituents is 1. The van der Waals surface area contributed by atoms with Gasteiger partial charge in [0.1, 0.15) is 5.70 Å². The number of carbonyl (C=O) groups is 3. The predicted octanol–water partition coefficient (Wildman–Crippen LogP) is 7.56. The number of hydrogen-bond donors (Lipinski definition) is 3. The third-order valence-corrected chi connectivity index (χ3v) is 8.67. The second kappa shape index (κ2) is 15.1. The molecule has 12 heteroatoms. The van der Waals surface area contributed by atoms with E-state index in [1.807, 2.05) is 42.6 Å². The van der Waals surface area contributed by atoms with Crippen molar-refractivity contribution in [3.63, 3.8) is 0 Å². The van der Waals surface area contributed by atoms with Gasteiger partial charge < -0.3 is 16.0 Å². The van der Waals surface area contributed by atoms with Crippen LogP contribution >= 0.6 is 23.1 Å². The first-order chi connectivity index (χ1) is 22.7. The van der Waals surface area contributed by atoms with Crippen molar-refractivity contribution in [2.24, 2.45) is 0 Å². The molecule has 236 valence electrons. The lowest BCUT2D eigenvalue weighted by Gasteiger charge is -2.13. The van der Waals surface area contributed by atoms with Crippen LogP contribution in [0, 0.1) is 17.0 Å². The summed E-state index contributed by atoms with van der Waals surface area (Å²) >= 11 is 2.64. The number of carbonyl (C=O) groups excluding carboxylic acids is 3. The lowest BCUT2D eigenvalue weighted by atomic mass is 10.1. The monoisotopic (exact) mass is 663 g/mol. The number of rotatable bonds is 11. The van der Waals surface area contributed by atoms with Crippen LogP contribution in [0.5, 0.6) is 0 Å². The Balaban J connectivity index is 1.28. The van der Waals surface area contributed by atoms with Crippen molar-refractivity contribution in [1.82, 2.24) is 10.3 Å². The maximum Gasteiger partial charge on any atom is 0.276 e. The fraction of sp³-hybridized carbons (Fsp3) is 0.0857. The van der Waals surface area contributed by atoms with Crippen LogP contribution in [0.2, 0.25) is 0 Å². The number of thioether (sulfide) groups is 1. The molecular formula is C35H29N5O5S2. The van der Waals surface area contributed by atoms with Crippen LogP contribution in [0.25, 0.3) is 17.3 Å². The number of thiazole rings is 1. The Hall–Kier alpha value is -5.59. The van der Waals surface area contributed by atoms with Crippen molar-refractivity contribution in [2.45, 2.75) is 24.0 Å². The summed E-state index contributed by atoms with van der Waals surface area (Å²) in [5, 5.41) is 21.7.